The van der Waals surface area contributed by atoms with Crippen LogP contribution in [0.2, 0.25) is 10.0 Å². The predicted molar refractivity (Wildman–Crippen MR) is 72.3 cm³/mol. The molecule has 0 unspecified atom stereocenters. The van der Waals surface area contributed by atoms with Crippen molar-refractivity contribution in [3.05, 3.63) is 49.9 Å². The number of benzene rings is 1. The van der Waals surface area contributed by atoms with E-state index >= 15 is 0 Å². The lowest BCUT2D eigenvalue weighted by Crippen LogP contribution is -2.15. The lowest BCUT2D eigenvalue weighted by molar-refractivity contribution is 0.899. The summed E-state index contributed by atoms with van der Waals surface area (Å²) in [4.78, 5) is 19.2. The molecular formula is C13H10Cl2N2O. The van der Waals surface area contributed by atoms with Crippen molar-refractivity contribution in [2.24, 2.45) is 0 Å². The Hall–Kier alpha value is -1.32. The minimum atomic E-state index is -0.0522. The first-order valence-corrected chi connectivity index (χ1v) is 6.47. The Morgan fingerprint density at radius 2 is 1.83 bits per heavy atom. The number of nitrogens with one attached hydrogen (secondary N) is 1. The molecule has 92 valence electrons. The van der Waals surface area contributed by atoms with Crippen molar-refractivity contribution in [2.45, 2.75) is 19.3 Å². The van der Waals surface area contributed by atoms with Crippen LogP contribution in [0.1, 0.15) is 17.7 Å². The lowest BCUT2D eigenvalue weighted by atomic mass is 10.2. The van der Waals surface area contributed by atoms with Crippen molar-refractivity contribution in [3.63, 3.8) is 0 Å². The summed E-state index contributed by atoms with van der Waals surface area (Å²) in [5.41, 5.74) is 2.39. The van der Waals surface area contributed by atoms with Gasteiger partial charge in [-0.05, 0) is 37.5 Å². The fourth-order valence-corrected chi connectivity index (χ4v) is 2.79. The van der Waals surface area contributed by atoms with Crippen molar-refractivity contribution in [1.82, 2.24) is 9.97 Å². The van der Waals surface area contributed by atoms with Crippen LogP contribution in [0.5, 0.6) is 0 Å². The molecule has 3 rings (SSSR count). The minimum absolute atomic E-state index is 0.0522. The van der Waals surface area contributed by atoms with Gasteiger partial charge >= 0.3 is 0 Å². The Balaban J connectivity index is 2.18. The number of H-pyrrole nitrogens is 1. The molecule has 1 heterocycles. The van der Waals surface area contributed by atoms with E-state index in [1.54, 1.807) is 18.2 Å². The molecule has 0 spiro atoms. The van der Waals surface area contributed by atoms with Gasteiger partial charge < -0.3 is 4.98 Å². The Bertz CT molecular complexity index is 659. The molecule has 1 aliphatic carbocycles. The van der Waals surface area contributed by atoms with Crippen LogP contribution < -0.4 is 5.56 Å². The first kappa shape index (κ1) is 11.8. The zero-order valence-corrected chi connectivity index (χ0v) is 11.0. The highest BCUT2D eigenvalue weighted by Crippen LogP contribution is 2.26. The number of halogens is 2. The van der Waals surface area contributed by atoms with E-state index in [9.17, 15) is 4.79 Å². The van der Waals surface area contributed by atoms with Crippen LogP contribution in [0.4, 0.5) is 0 Å². The summed E-state index contributed by atoms with van der Waals surface area (Å²) in [6, 6.07) is 5.14. The van der Waals surface area contributed by atoms with E-state index in [1.807, 2.05) is 0 Å². The standard InChI is InChI=1S/C13H10Cl2N2O/c14-8-4-7(5-9(15)6-8)12-16-11-3-1-2-10(11)13(18)17-12/h4-6H,1-3H2,(H,16,17,18). The average Bonchev–Trinajstić information content (AvgIpc) is 2.76. The van der Waals surface area contributed by atoms with Crippen molar-refractivity contribution >= 4 is 23.2 Å². The number of fused-ring (bicyclic) bond motifs is 1. The Morgan fingerprint density at radius 3 is 2.56 bits per heavy atom. The second kappa shape index (κ2) is 4.41. The van der Waals surface area contributed by atoms with E-state index in [4.69, 9.17) is 23.2 Å². The van der Waals surface area contributed by atoms with Crippen LogP contribution in [-0.2, 0) is 12.8 Å². The molecule has 1 aromatic heterocycles. The quantitative estimate of drug-likeness (QED) is 0.872. The number of nitrogens with zero attached hydrogens (tertiary/aromatic N) is 1. The van der Waals surface area contributed by atoms with Gasteiger partial charge in [0.25, 0.3) is 5.56 Å². The highest BCUT2D eigenvalue weighted by molar-refractivity contribution is 6.35. The molecule has 1 N–H and O–H groups in total. The fourth-order valence-electron chi connectivity index (χ4n) is 2.27. The van der Waals surface area contributed by atoms with Gasteiger partial charge in [0.2, 0.25) is 0 Å². The highest BCUT2D eigenvalue weighted by Gasteiger charge is 2.17. The summed E-state index contributed by atoms with van der Waals surface area (Å²) >= 11 is 11.9. The van der Waals surface area contributed by atoms with Crippen LogP contribution in [0.15, 0.2) is 23.0 Å². The largest absolute Gasteiger partial charge is 0.306 e. The monoisotopic (exact) mass is 280 g/mol. The Kier molecular flexibility index (Phi) is 2.88. The molecule has 1 aliphatic rings. The van der Waals surface area contributed by atoms with Gasteiger partial charge in [-0.3, -0.25) is 4.79 Å². The number of hydrogen-bond donors (Lipinski definition) is 1. The van der Waals surface area contributed by atoms with Gasteiger partial charge in [-0.25, -0.2) is 4.98 Å². The minimum Gasteiger partial charge on any atom is -0.306 e. The SMILES string of the molecule is O=c1[nH]c(-c2cc(Cl)cc(Cl)c2)nc2c1CCC2. The molecule has 0 saturated carbocycles. The number of aromatic amines is 1. The maximum Gasteiger partial charge on any atom is 0.254 e. The third-order valence-electron chi connectivity index (χ3n) is 3.08. The first-order valence-electron chi connectivity index (χ1n) is 5.72. The van der Waals surface area contributed by atoms with Gasteiger partial charge in [0.05, 0.1) is 5.69 Å². The summed E-state index contributed by atoms with van der Waals surface area (Å²) in [7, 11) is 0. The number of aromatic nitrogens is 2. The van der Waals surface area contributed by atoms with Crippen LogP contribution in [0.25, 0.3) is 11.4 Å². The van der Waals surface area contributed by atoms with Gasteiger partial charge in [0.15, 0.2) is 0 Å². The third-order valence-corrected chi connectivity index (χ3v) is 3.51. The summed E-state index contributed by atoms with van der Waals surface area (Å²) in [6.07, 6.45) is 2.67. The molecule has 0 fully saturated rings. The van der Waals surface area contributed by atoms with Crippen molar-refractivity contribution < 1.29 is 0 Å². The smallest absolute Gasteiger partial charge is 0.254 e. The molecule has 0 aliphatic heterocycles. The van der Waals surface area contributed by atoms with Crippen LogP contribution in [0.3, 0.4) is 0 Å². The average molecular weight is 281 g/mol. The maximum absolute atomic E-state index is 11.9. The second-order valence-corrected chi connectivity index (χ2v) is 5.22. The van der Waals surface area contributed by atoms with Gasteiger partial charge in [0, 0.05) is 21.2 Å². The fraction of sp³-hybridized carbons (Fsp3) is 0.231. The maximum atomic E-state index is 11.9. The van der Waals surface area contributed by atoms with E-state index in [0.717, 1.165) is 36.1 Å². The van der Waals surface area contributed by atoms with Gasteiger partial charge in [-0.15, -0.1) is 0 Å². The summed E-state index contributed by atoms with van der Waals surface area (Å²) in [6.45, 7) is 0. The van der Waals surface area contributed by atoms with Crippen molar-refractivity contribution in [1.29, 1.82) is 0 Å². The van der Waals surface area contributed by atoms with E-state index < -0.39 is 0 Å². The first-order chi connectivity index (χ1) is 8.63. The molecular weight excluding hydrogens is 271 g/mol. The van der Waals surface area contributed by atoms with E-state index in [0.29, 0.717) is 15.9 Å². The molecule has 3 nitrogen and oxygen atoms in total. The van der Waals surface area contributed by atoms with E-state index in [2.05, 4.69) is 9.97 Å². The zero-order chi connectivity index (χ0) is 12.7. The molecule has 1 aromatic carbocycles. The summed E-state index contributed by atoms with van der Waals surface area (Å²) in [5.74, 6) is 0.532. The van der Waals surface area contributed by atoms with Crippen LogP contribution in [-0.4, -0.2) is 9.97 Å². The predicted octanol–water partition coefficient (Wildman–Crippen LogP) is 3.23. The lowest BCUT2D eigenvalue weighted by Gasteiger charge is -2.05. The third kappa shape index (κ3) is 2.04. The van der Waals surface area contributed by atoms with E-state index in [1.165, 1.54) is 0 Å². The van der Waals surface area contributed by atoms with Gasteiger partial charge in [0.1, 0.15) is 5.82 Å². The van der Waals surface area contributed by atoms with E-state index in [-0.39, 0.29) is 5.56 Å². The highest BCUT2D eigenvalue weighted by atomic mass is 35.5. The molecule has 0 radical (unpaired) electrons. The number of aryl methyl sites for hydroxylation is 1. The number of rotatable bonds is 1. The molecule has 0 saturated heterocycles. The second-order valence-electron chi connectivity index (χ2n) is 4.35. The van der Waals surface area contributed by atoms with Gasteiger partial charge in [-0.2, -0.15) is 0 Å². The molecule has 2 aromatic rings. The topological polar surface area (TPSA) is 45.8 Å². The molecule has 0 atom stereocenters. The molecule has 5 heteroatoms. The molecule has 0 amide bonds. The molecule has 0 bridgehead atoms. The summed E-state index contributed by atoms with van der Waals surface area (Å²) in [5, 5.41) is 1.06. The molecule has 18 heavy (non-hydrogen) atoms. The van der Waals surface area contributed by atoms with Gasteiger partial charge in [-0.1, -0.05) is 23.2 Å². The van der Waals surface area contributed by atoms with Crippen molar-refractivity contribution in [3.8, 4) is 11.4 Å². The zero-order valence-electron chi connectivity index (χ0n) is 9.46. The Morgan fingerprint density at radius 1 is 1.11 bits per heavy atom. The summed E-state index contributed by atoms with van der Waals surface area (Å²) < 4.78 is 0. The van der Waals surface area contributed by atoms with Crippen LogP contribution >= 0.6 is 23.2 Å². The Labute approximate surface area is 114 Å². The van der Waals surface area contributed by atoms with Crippen LogP contribution in [0, 0.1) is 0 Å². The number of hydrogen-bond acceptors (Lipinski definition) is 2. The normalized spacial score (nSPS) is 13.7. The van der Waals surface area contributed by atoms with Crippen molar-refractivity contribution in [2.75, 3.05) is 0 Å².